The highest BCUT2D eigenvalue weighted by atomic mass is 16.3. The number of aliphatic hydroxyl groups is 1. The molecule has 1 saturated heterocycles. The molecule has 1 aromatic rings. The molecule has 0 radical (unpaired) electrons. The number of H-pyrrole nitrogens is 1. The van der Waals surface area contributed by atoms with E-state index in [4.69, 9.17) is 0 Å². The Morgan fingerprint density at radius 2 is 2.13 bits per heavy atom. The van der Waals surface area contributed by atoms with Crippen molar-refractivity contribution < 1.29 is 5.11 Å². The van der Waals surface area contributed by atoms with Crippen LogP contribution in [0.2, 0.25) is 0 Å². The van der Waals surface area contributed by atoms with Crippen LogP contribution in [0.25, 0.3) is 0 Å². The molecule has 2 unspecified atom stereocenters. The van der Waals surface area contributed by atoms with Crippen molar-refractivity contribution in [3.05, 3.63) is 24.0 Å². The first kappa shape index (κ1) is 10.7. The topological polar surface area (TPSA) is 51.3 Å². The van der Waals surface area contributed by atoms with Crippen LogP contribution in [0, 0.1) is 0 Å². The maximum Gasteiger partial charge on any atom is 0.0957 e. The van der Waals surface area contributed by atoms with Crippen molar-refractivity contribution in [2.45, 2.75) is 19.1 Å². The second-order valence-corrected chi connectivity index (χ2v) is 4.12. The molecule has 1 fully saturated rings. The zero-order valence-corrected chi connectivity index (χ0v) is 9.11. The number of aromatic nitrogens is 1. The molecule has 4 heteroatoms. The van der Waals surface area contributed by atoms with Gasteiger partial charge in [-0.1, -0.05) is 0 Å². The van der Waals surface area contributed by atoms with Gasteiger partial charge in [0.25, 0.3) is 0 Å². The molecule has 0 bridgehead atoms. The van der Waals surface area contributed by atoms with Crippen LogP contribution < -0.4 is 5.32 Å². The first-order chi connectivity index (χ1) is 7.29. The maximum atomic E-state index is 10.1. The van der Waals surface area contributed by atoms with Crippen molar-refractivity contribution >= 4 is 0 Å². The van der Waals surface area contributed by atoms with Gasteiger partial charge in [-0.15, -0.1) is 0 Å². The number of aliphatic hydroxyl groups excluding tert-OH is 1. The van der Waals surface area contributed by atoms with Crippen molar-refractivity contribution in [3.8, 4) is 0 Å². The first-order valence-electron chi connectivity index (χ1n) is 5.54. The predicted molar refractivity (Wildman–Crippen MR) is 59.7 cm³/mol. The van der Waals surface area contributed by atoms with Gasteiger partial charge in [-0.3, -0.25) is 4.90 Å². The Balaban J connectivity index is 1.97. The summed E-state index contributed by atoms with van der Waals surface area (Å²) in [5, 5.41) is 13.5. The van der Waals surface area contributed by atoms with Crippen molar-refractivity contribution in [1.29, 1.82) is 0 Å². The highest BCUT2D eigenvalue weighted by Crippen LogP contribution is 2.20. The van der Waals surface area contributed by atoms with Crippen LogP contribution >= 0.6 is 0 Å². The van der Waals surface area contributed by atoms with Gasteiger partial charge < -0.3 is 15.4 Å². The van der Waals surface area contributed by atoms with Gasteiger partial charge in [0.05, 0.1) is 6.10 Å². The van der Waals surface area contributed by atoms with Gasteiger partial charge in [-0.2, -0.15) is 0 Å². The van der Waals surface area contributed by atoms with Gasteiger partial charge in [0.2, 0.25) is 0 Å². The Morgan fingerprint density at radius 3 is 2.73 bits per heavy atom. The van der Waals surface area contributed by atoms with Crippen molar-refractivity contribution in [3.63, 3.8) is 0 Å². The molecule has 2 heterocycles. The van der Waals surface area contributed by atoms with Crippen LogP contribution in [-0.2, 0) is 0 Å². The summed E-state index contributed by atoms with van der Waals surface area (Å²) in [6.45, 7) is 6.16. The Kier molecular flexibility index (Phi) is 3.41. The molecule has 1 aliphatic heterocycles. The van der Waals surface area contributed by atoms with Crippen LogP contribution in [0.15, 0.2) is 18.5 Å². The molecule has 0 saturated carbocycles. The van der Waals surface area contributed by atoms with Gasteiger partial charge >= 0.3 is 0 Å². The Morgan fingerprint density at radius 1 is 1.40 bits per heavy atom. The number of nitrogens with zero attached hydrogens (tertiary/aromatic N) is 1. The normalized spacial score (nSPS) is 22.5. The van der Waals surface area contributed by atoms with E-state index in [-0.39, 0.29) is 6.04 Å². The standard InChI is InChI=1S/C11H19N3O/c1-9(14-6-4-12-5-7-14)11(15)10-2-3-13-8-10/h2-3,8-9,11-13,15H,4-7H2,1H3. The highest BCUT2D eigenvalue weighted by molar-refractivity contribution is 5.13. The fourth-order valence-corrected chi connectivity index (χ4v) is 2.09. The Bertz CT molecular complexity index is 280. The SMILES string of the molecule is CC(C(O)c1cc[nH]c1)N1CCNCC1. The van der Waals surface area contributed by atoms with E-state index >= 15 is 0 Å². The Hall–Kier alpha value is -0.840. The summed E-state index contributed by atoms with van der Waals surface area (Å²) in [6.07, 6.45) is 3.32. The monoisotopic (exact) mass is 209 g/mol. The summed E-state index contributed by atoms with van der Waals surface area (Å²) in [5.41, 5.74) is 0.973. The molecule has 4 nitrogen and oxygen atoms in total. The second kappa shape index (κ2) is 4.79. The molecule has 1 aliphatic rings. The zero-order chi connectivity index (χ0) is 10.7. The molecule has 0 spiro atoms. The largest absolute Gasteiger partial charge is 0.387 e. The molecule has 1 aromatic heterocycles. The molecule has 0 aliphatic carbocycles. The quantitative estimate of drug-likeness (QED) is 0.673. The predicted octanol–water partition coefficient (Wildman–Crippen LogP) is 0.342. The van der Waals surface area contributed by atoms with Gasteiger partial charge in [-0.25, -0.2) is 0 Å². The third-order valence-electron chi connectivity index (χ3n) is 3.15. The summed E-state index contributed by atoms with van der Waals surface area (Å²) in [6, 6.07) is 2.12. The van der Waals surface area contributed by atoms with Crippen molar-refractivity contribution in [2.75, 3.05) is 26.2 Å². The molecular formula is C11H19N3O. The number of piperazine rings is 1. The molecule has 15 heavy (non-hydrogen) atoms. The van der Waals surface area contributed by atoms with Gasteiger partial charge in [-0.05, 0) is 18.6 Å². The van der Waals surface area contributed by atoms with Gasteiger partial charge in [0, 0.05) is 44.6 Å². The molecule has 3 N–H and O–H groups in total. The van der Waals surface area contributed by atoms with Crippen LogP contribution in [0.1, 0.15) is 18.6 Å². The van der Waals surface area contributed by atoms with Gasteiger partial charge in [0.15, 0.2) is 0 Å². The van der Waals surface area contributed by atoms with Crippen LogP contribution in [0.4, 0.5) is 0 Å². The van der Waals surface area contributed by atoms with Crippen LogP contribution in [-0.4, -0.2) is 47.2 Å². The third kappa shape index (κ3) is 2.40. The number of hydrogen-bond donors (Lipinski definition) is 3. The summed E-state index contributed by atoms with van der Waals surface area (Å²) >= 11 is 0. The number of nitrogens with one attached hydrogen (secondary N) is 2. The van der Waals surface area contributed by atoms with E-state index in [0.29, 0.717) is 0 Å². The fraction of sp³-hybridized carbons (Fsp3) is 0.636. The van der Waals surface area contributed by atoms with Gasteiger partial charge in [0.1, 0.15) is 0 Å². The van der Waals surface area contributed by atoms with E-state index in [2.05, 4.69) is 22.1 Å². The molecule has 0 amide bonds. The summed E-state index contributed by atoms with van der Waals surface area (Å²) < 4.78 is 0. The molecular weight excluding hydrogens is 190 g/mol. The van der Waals surface area contributed by atoms with Crippen molar-refractivity contribution in [2.24, 2.45) is 0 Å². The summed E-state index contributed by atoms with van der Waals surface area (Å²) in [5.74, 6) is 0. The minimum absolute atomic E-state index is 0.183. The lowest BCUT2D eigenvalue weighted by Gasteiger charge is -2.35. The average Bonchev–Trinajstić information content (AvgIpc) is 2.82. The zero-order valence-electron chi connectivity index (χ0n) is 9.11. The average molecular weight is 209 g/mol. The second-order valence-electron chi connectivity index (χ2n) is 4.12. The number of aromatic amines is 1. The van der Waals surface area contributed by atoms with Crippen molar-refractivity contribution in [1.82, 2.24) is 15.2 Å². The third-order valence-corrected chi connectivity index (χ3v) is 3.15. The molecule has 84 valence electrons. The van der Waals surface area contributed by atoms with E-state index in [1.165, 1.54) is 0 Å². The minimum atomic E-state index is -0.394. The first-order valence-corrected chi connectivity index (χ1v) is 5.54. The van der Waals surface area contributed by atoms with E-state index in [0.717, 1.165) is 31.7 Å². The number of rotatable bonds is 3. The molecule has 2 atom stereocenters. The van der Waals surface area contributed by atoms with E-state index < -0.39 is 6.10 Å². The summed E-state index contributed by atoms with van der Waals surface area (Å²) in [4.78, 5) is 5.31. The molecule has 0 aromatic carbocycles. The summed E-state index contributed by atoms with van der Waals surface area (Å²) in [7, 11) is 0. The minimum Gasteiger partial charge on any atom is -0.387 e. The highest BCUT2D eigenvalue weighted by Gasteiger charge is 2.24. The number of hydrogen-bond acceptors (Lipinski definition) is 3. The Labute approximate surface area is 90.3 Å². The lowest BCUT2D eigenvalue weighted by Crippen LogP contribution is -2.49. The molecule has 2 rings (SSSR count). The van der Waals surface area contributed by atoms with Crippen LogP contribution in [0.5, 0.6) is 0 Å². The maximum absolute atomic E-state index is 10.1. The van der Waals surface area contributed by atoms with E-state index in [1.807, 2.05) is 18.5 Å². The van der Waals surface area contributed by atoms with Crippen LogP contribution in [0.3, 0.4) is 0 Å². The lowest BCUT2D eigenvalue weighted by molar-refractivity contribution is 0.0511. The lowest BCUT2D eigenvalue weighted by atomic mass is 10.0. The van der Waals surface area contributed by atoms with E-state index in [9.17, 15) is 5.11 Å². The van der Waals surface area contributed by atoms with E-state index in [1.54, 1.807) is 0 Å². The smallest absolute Gasteiger partial charge is 0.0957 e. The fourth-order valence-electron chi connectivity index (χ4n) is 2.09.